The SMILES string of the molecule is C=CC/C=C(\C=C/C)C1=N/C(=C)/C=C\C=C/CN\1C. The Kier molecular flexibility index (Phi) is 6.37. The summed E-state index contributed by atoms with van der Waals surface area (Å²) in [6, 6.07) is 0. The molecule has 19 heavy (non-hydrogen) atoms. The molecule has 0 spiro atoms. The van der Waals surface area contributed by atoms with Crippen LogP contribution in [0.25, 0.3) is 0 Å². The standard InChI is InChI=1S/C17H22N2/c1-5-7-13-16(11-6-2)17-18-15(3)12-9-8-10-14-19(17)4/h5-6,8-13H,1,3,7,14H2,2,4H3/b10-8-,11-6-,12-9-,16-13+,18-17-. The van der Waals surface area contributed by atoms with Crippen molar-refractivity contribution in [3.63, 3.8) is 0 Å². The molecule has 1 heterocycles. The van der Waals surface area contributed by atoms with Crippen molar-refractivity contribution < 1.29 is 0 Å². The second kappa shape index (κ2) is 8.09. The van der Waals surface area contributed by atoms with Crippen molar-refractivity contribution in [1.82, 2.24) is 4.90 Å². The highest BCUT2D eigenvalue weighted by molar-refractivity contribution is 6.01. The van der Waals surface area contributed by atoms with E-state index < -0.39 is 0 Å². The van der Waals surface area contributed by atoms with Gasteiger partial charge in [0.05, 0.1) is 5.70 Å². The van der Waals surface area contributed by atoms with Gasteiger partial charge in [0.1, 0.15) is 5.84 Å². The quantitative estimate of drug-likeness (QED) is 0.546. The van der Waals surface area contributed by atoms with Crippen LogP contribution in [0.5, 0.6) is 0 Å². The van der Waals surface area contributed by atoms with Crippen molar-refractivity contribution in [2.24, 2.45) is 4.99 Å². The fraction of sp³-hybridized carbons (Fsp3) is 0.235. The summed E-state index contributed by atoms with van der Waals surface area (Å²) in [6.07, 6.45) is 16.9. The molecule has 0 amide bonds. The van der Waals surface area contributed by atoms with Crippen molar-refractivity contribution in [1.29, 1.82) is 0 Å². The molecule has 100 valence electrons. The molecule has 0 atom stereocenters. The summed E-state index contributed by atoms with van der Waals surface area (Å²) in [7, 11) is 2.03. The summed E-state index contributed by atoms with van der Waals surface area (Å²) >= 11 is 0. The van der Waals surface area contributed by atoms with Crippen LogP contribution in [-0.4, -0.2) is 24.3 Å². The molecule has 0 radical (unpaired) electrons. The van der Waals surface area contributed by atoms with E-state index >= 15 is 0 Å². The van der Waals surface area contributed by atoms with Gasteiger partial charge >= 0.3 is 0 Å². The maximum atomic E-state index is 4.62. The smallest absolute Gasteiger partial charge is 0.136 e. The highest BCUT2D eigenvalue weighted by atomic mass is 15.2. The highest BCUT2D eigenvalue weighted by Crippen LogP contribution is 2.11. The van der Waals surface area contributed by atoms with E-state index in [1.54, 1.807) is 0 Å². The average Bonchev–Trinajstić information content (AvgIpc) is 2.47. The molecule has 0 bridgehead atoms. The third-order valence-corrected chi connectivity index (χ3v) is 2.64. The summed E-state index contributed by atoms with van der Waals surface area (Å²) in [5.41, 5.74) is 1.84. The molecule has 0 saturated carbocycles. The van der Waals surface area contributed by atoms with Gasteiger partial charge in [-0.15, -0.1) is 6.58 Å². The lowest BCUT2D eigenvalue weighted by molar-refractivity contribution is 0.564. The predicted octanol–water partition coefficient (Wildman–Crippen LogP) is 4.04. The molecule has 2 heteroatoms. The molecule has 2 nitrogen and oxygen atoms in total. The van der Waals surface area contributed by atoms with E-state index in [9.17, 15) is 0 Å². The van der Waals surface area contributed by atoms with Crippen molar-refractivity contribution >= 4 is 5.84 Å². The zero-order valence-corrected chi connectivity index (χ0v) is 11.8. The maximum Gasteiger partial charge on any atom is 0.136 e. The zero-order chi connectivity index (χ0) is 14.1. The van der Waals surface area contributed by atoms with Crippen molar-refractivity contribution in [3.8, 4) is 0 Å². The largest absolute Gasteiger partial charge is 0.355 e. The molecule has 0 aromatic carbocycles. The third kappa shape index (κ3) is 4.96. The van der Waals surface area contributed by atoms with Gasteiger partial charge in [-0.25, -0.2) is 4.99 Å². The number of nitrogens with zero attached hydrogens (tertiary/aromatic N) is 2. The minimum atomic E-state index is 0.752. The first-order valence-electron chi connectivity index (χ1n) is 6.45. The van der Waals surface area contributed by atoms with E-state index in [1.165, 1.54) is 0 Å². The van der Waals surface area contributed by atoms with Crippen molar-refractivity contribution in [3.05, 3.63) is 73.0 Å². The van der Waals surface area contributed by atoms with E-state index in [2.05, 4.69) is 41.3 Å². The number of rotatable bonds is 4. The van der Waals surface area contributed by atoms with Crippen LogP contribution in [-0.2, 0) is 0 Å². The molecule has 0 unspecified atom stereocenters. The molecule has 1 rings (SSSR count). The lowest BCUT2D eigenvalue weighted by Gasteiger charge is -2.20. The van der Waals surface area contributed by atoms with Crippen LogP contribution in [0.15, 0.2) is 78.0 Å². The van der Waals surface area contributed by atoms with E-state index in [0.717, 1.165) is 30.1 Å². The van der Waals surface area contributed by atoms with Gasteiger partial charge < -0.3 is 4.90 Å². The van der Waals surface area contributed by atoms with Gasteiger partial charge in [0.2, 0.25) is 0 Å². The molecule has 0 saturated heterocycles. The predicted molar refractivity (Wildman–Crippen MR) is 85.2 cm³/mol. The number of likely N-dealkylation sites (N-methyl/N-ethyl adjacent to an activating group) is 1. The monoisotopic (exact) mass is 254 g/mol. The Hall–Kier alpha value is -2.09. The number of hydrogen-bond acceptors (Lipinski definition) is 2. The van der Waals surface area contributed by atoms with Crippen LogP contribution in [0.3, 0.4) is 0 Å². The Balaban J connectivity index is 3.18. The van der Waals surface area contributed by atoms with Crippen LogP contribution in [0.4, 0.5) is 0 Å². The van der Waals surface area contributed by atoms with Gasteiger partial charge in [0.25, 0.3) is 0 Å². The Labute approximate surface area is 116 Å². The average molecular weight is 254 g/mol. The van der Waals surface area contributed by atoms with Crippen molar-refractivity contribution in [2.75, 3.05) is 13.6 Å². The summed E-state index contributed by atoms with van der Waals surface area (Å²) in [5.74, 6) is 0.932. The minimum Gasteiger partial charge on any atom is -0.355 e. The molecule has 1 aliphatic heterocycles. The van der Waals surface area contributed by atoms with Crippen molar-refractivity contribution in [2.45, 2.75) is 13.3 Å². The second-order valence-corrected chi connectivity index (χ2v) is 4.28. The number of allylic oxidation sites excluding steroid dienone is 6. The highest BCUT2D eigenvalue weighted by Gasteiger charge is 2.09. The molecular formula is C17H22N2. The van der Waals surface area contributed by atoms with Gasteiger partial charge in [-0.05, 0) is 19.4 Å². The molecule has 0 aromatic heterocycles. The van der Waals surface area contributed by atoms with Crippen LogP contribution >= 0.6 is 0 Å². The fourth-order valence-electron chi connectivity index (χ4n) is 1.72. The van der Waals surface area contributed by atoms with Crippen LogP contribution in [0.2, 0.25) is 0 Å². The second-order valence-electron chi connectivity index (χ2n) is 4.28. The molecule has 0 N–H and O–H groups in total. The van der Waals surface area contributed by atoms with Gasteiger partial charge in [-0.3, -0.25) is 0 Å². The Morgan fingerprint density at radius 3 is 2.95 bits per heavy atom. The van der Waals surface area contributed by atoms with E-state index in [-0.39, 0.29) is 0 Å². The topological polar surface area (TPSA) is 15.6 Å². The Bertz CT molecular complexity index is 473. The molecule has 0 aromatic rings. The fourth-order valence-corrected chi connectivity index (χ4v) is 1.72. The third-order valence-electron chi connectivity index (χ3n) is 2.64. The van der Waals surface area contributed by atoms with Gasteiger partial charge in [0, 0.05) is 19.2 Å². The first-order valence-corrected chi connectivity index (χ1v) is 6.45. The van der Waals surface area contributed by atoms with E-state index in [4.69, 9.17) is 0 Å². The Morgan fingerprint density at radius 1 is 1.47 bits per heavy atom. The Morgan fingerprint density at radius 2 is 2.26 bits per heavy atom. The van der Waals surface area contributed by atoms with E-state index in [0.29, 0.717) is 0 Å². The number of aliphatic imine (C=N–C) groups is 1. The lowest BCUT2D eigenvalue weighted by Crippen LogP contribution is -2.28. The molecule has 0 fully saturated rings. The van der Waals surface area contributed by atoms with Gasteiger partial charge in [0.15, 0.2) is 0 Å². The van der Waals surface area contributed by atoms with Crippen LogP contribution in [0, 0.1) is 0 Å². The van der Waals surface area contributed by atoms with Crippen LogP contribution < -0.4 is 0 Å². The first-order chi connectivity index (χ1) is 9.19. The first kappa shape index (κ1) is 15.0. The van der Waals surface area contributed by atoms with Gasteiger partial charge in [-0.1, -0.05) is 49.1 Å². The zero-order valence-electron chi connectivity index (χ0n) is 11.8. The molecule has 1 aliphatic rings. The lowest BCUT2D eigenvalue weighted by atomic mass is 10.1. The normalized spacial score (nSPS) is 23.3. The summed E-state index contributed by atoms with van der Waals surface area (Å²) in [4.78, 5) is 6.73. The minimum absolute atomic E-state index is 0.752. The molecule has 0 aliphatic carbocycles. The molecular weight excluding hydrogens is 232 g/mol. The van der Waals surface area contributed by atoms with E-state index in [1.807, 2.05) is 44.4 Å². The number of hydrogen-bond donors (Lipinski definition) is 0. The van der Waals surface area contributed by atoms with Crippen LogP contribution in [0.1, 0.15) is 13.3 Å². The summed E-state index contributed by atoms with van der Waals surface area (Å²) < 4.78 is 0. The van der Waals surface area contributed by atoms with Gasteiger partial charge in [-0.2, -0.15) is 0 Å². The summed E-state index contributed by atoms with van der Waals surface area (Å²) in [5, 5.41) is 0. The number of amidine groups is 1. The summed E-state index contributed by atoms with van der Waals surface area (Å²) in [6.45, 7) is 10.5. The maximum absolute atomic E-state index is 4.62.